The van der Waals surface area contributed by atoms with E-state index in [2.05, 4.69) is 31.9 Å². The molecule has 0 aliphatic rings. The van der Waals surface area contributed by atoms with Crippen molar-refractivity contribution >= 4 is 39.2 Å². The Bertz CT molecular complexity index is 755. The average Bonchev–Trinajstić information content (AvgIpc) is 2.52. The van der Waals surface area contributed by atoms with Crippen LogP contribution in [0.2, 0.25) is 0 Å². The van der Waals surface area contributed by atoms with Crippen molar-refractivity contribution in [3.05, 3.63) is 58.3 Å². The second-order valence-electron chi connectivity index (χ2n) is 4.82. The summed E-state index contributed by atoms with van der Waals surface area (Å²) in [5.41, 5.74) is 6.10. The Balaban J connectivity index is 2.14. The molecule has 0 aliphatic heterocycles. The smallest absolute Gasteiger partial charge is 0.323 e. The van der Waals surface area contributed by atoms with Crippen molar-refractivity contribution in [2.45, 2.75) is 0 Å². The van der Waals surface area contributed by atoms with E-state index in [0.29, 0.717) is 5.69 Å². The number of amides is 3. The van der Waals surface area contributed by atoms with Gasteiger partial charge in [-0.05, 0) is 36.4 Å². The molecule has 2 aromatic carbocycles. The highest BCUT2D eigenvalue weighted by molar-refractivity contribution is 9.10. The van der Waals surface area contributed by atoms with Crippen LogP contribution in [0.3, 0.4) is 0 Å². The number of nitrogens with one attached hydrogen (secondary N) is 3. The molecule has 24 heavy (non-hydrogen) atoms. The molecule has 126 valence electrons. The lowest BCUT2D eigenvalue weighted by atomic mass is 10.1. The summed E-state index contributed by atoms with van der Waals surface area (Å²) in [6.45, 7) is 0.555. The molecule has 0 unspecified atom stereocenters. The summed E-state index contributed by atoms with van der Waals surface area (Å²) < 4.78 is 14.3. The van der Waals surface area contributed by atoms with Crippen LogP contribution in [-0.4, -0.2) is 25.0 Å². The lowest BCUT2D eigenvalue weighted by Gasteiger charge is -2.12. The van der Waals surface area contributed by atoms with E-state index in [1.54, 1.807) is 18.2 Å². The summed E-state index contributed by atoms with van der Waals surface area (Å²) in [5, 5.41) is 7.66. The van der Waals surface area contributed by atoms with E-state index in [1.165, 1.54) is 6.07 Å². The quantitative estimate of drug-likeness (QED) is 0.627. The summed E-state index contributed by atoms with van der Waals surface area (Å²) in [7, 11) is 0. The Hall–Kier alpha value is -2.45. The molecule has 0 spiro atoms. The molecule has 0 fully saturated rings. The van der Waals surface area contributed by atoms with Crippen molar-refractivity contribution in [2.75, 3.05) is 23.7 Å². The standard InChI is InChI=1S/C16H16BrFN4O2/c17-10-2-1-3-12(8-10)21-16(24)22-14-9-11(18)4-5-13(14)15(23)20-7-6-19/h1-5,8-9H,6-7,19H2,(H,20,23)(H2,21,22,24). The number of urea groups is 1. The van der Waals surface area contributed by atoms with E-state index < -0.39 is 17.8 Å². The molecule has 2 rings (SSSR count). The number of carbonyl (C=O) groups excluding carboxylic acids is 2. The Labute approximate surface area is 146 Å². The third kappa shape index (κ3) is 5.04. The van der Waals surface area contributed by atoms with Crippen LogP contribution in [0.5, 0.6) is 0 Å². The van der Waals surface area contributed by atoms with Crippen LogP contribution in [0.15, 0.2) is 46.9 Å². The topological polar surface area (TPSA) is 96.2 Å². The van der Waals surface area contributed by atoms with Gasteiger partial charge in [0.05, 0.1) is 11.3 Å². The van der Waals surface area contributed by atoms with Crippen LogP contribution in [0.4, 0.5) is 20.6 Å². The van der Waals surface area contributed by atoms with Gasteiger partial charge in [-0.3, -0.25) is 4.79 Å². The third-order valence-corrected chi connectivity index (χ3v) is 3.48. The Morgan fingerprint density at radius 3 is 2.62 bits per heavy atom. The van der Waals surface area contributed by atoms with Gasteiger partial charge in [0.1, 0.15) is 5.82 Å². The van der Waals surface area contributed by atoms with Gasteiger partial charge < -0.3 is 21.7 Å². The van der Waals surface area contributed by atoms with E-state index in [1.807, 2.05) is 6.07 Å². The summed E-state index contributed by atoms with van der Waals surface area (Å²) >= 11 is 3.30. The van der Waals surface area contributed by atoms with Gasteiger partial charge in [-0.2, -0.15) is 0 Å². The zero-order valence-electron chi connectivity index (χ0n) is 12.6. The number of benzene rings is 2. The summed E-state index contributed by atoms with van der Waals surface area (Å²) in [6, 6.07) is 9.92. The zero-order valence-corrected chi connectivity index (χ0v) is 14.2. The Morgan fingerprint density at radius 1 is 1.12 bits per heavy atom. The highest BCUT2D eigenvalue weighted by Crippen LogP contribution is 2.19. The van der Waals surface area contributed by atoms with Gasteiger partial charge in [0.2, 0.25) is 0 Å². The second kappa shape index (κ2) is 8.42. The summed E-state index contributed by atoms with van der Waals surface area (Å²) in [5.74, 6) is -1.01. The molecule has 0 aromatic heterocycles. The Morgan fingerprint density at radius 2 is 1.92 bits per heavy atom. The van der Waals surface area contributed by atoms with Crippen molar-refractivity contribution in [3.63, 3.8) is 0 Å². The van der Waals surface area contributed by atoms with Gasteiger partial charge in [0, 0.05) is 23.2 Å². The van der Waals surface area contributed by atoms with Gasteiger partial charge in [-0.1, -0.05) is 22.0 Å². The normalized spacial score (nSPS) is 10.1. The first-order chi connectivity index (χ1) is 11.5. The lowest BCUT2D eigenvalue weighted by Crippen LogP contribution is -2.30. The van der Waals surface area contributed by atoms with Crippen molar-refractivity contribution < 1.29 is 14.0 Å². The molecular formula is C16H16BrFN4O2. The van der Waals surface area contributed by atoms with Gasteiger partial charge >= 0.3 is 6.03 Å². The van der Waals surface area contributed by atoms with Gasteiger partial charge in [0.25, 0.3) is 5.91 Å². The maximum Gasteiger partial charge on any atom is 0.323 e. The zero-order chi connectivity index (χ0) is 17.5. The first kappa shape index (κ1) is 17.9. The number of hydrogen-bond acceptors (Lipinski definition) is 3. The van der Waals surface area contributed by atoms with Gasteiger partial charge in [-0.15, -0.1) is 0 Å². The molecule has 3 amide bonds. The van der Waals surface area contributed by atoms with Crippen LogP contribution < -0.4 is 21.7 Å². The van der Waals surface area contributed by atoms with E-state index in [-0.39, 0.29) is 24.3 Å². The Kier molecular flexibility index (Phi) is 6.28. The van der Waals surface area contributed by atoms with E-state index in [4.69, 9.17) is 5.73 Å². The van der Waals surface area contributed by atoms with Gasteiger partial charge in [0.15, 0.2) is 0 Å². The van der Waals surface area contributed by atoms with Crippen molar-refractivity contribution in [3.8, 4) is 0 Å². The molecule has 8 heteroatoms. The minimum atomic E-state index is -0.591. The maximum atomic E-state index is 13.5. The van der Waals surface area contributed by atoms with Crippen LogP contribution in [-0.2, 0) is 0 Å². The van der Waals surface area contributed by atoms with Crippen LogP contribution in [0.1, 0.15) is 10.4 Å². The molecule has 2 aromatic rings. The molecule has 0 atom stereocenters. The average molecular weight is 395 g/mol. The number of carbonyl (C=O) groups is 2. The molecule has 0 bridgehead atoms. The van der Waals surface area contributed by atoms with Crippen molar-refractivity contribution in [1.82, 2.24) is 5.32 Å². The largest absolute Gasteiger partial charge is 0.351 e. The second-order valence-corrected chi connectivity index (χ2v) is 5.74. The number of rotatable bonds is 5. The molecule has 0 saturated carbocycles. The molecule has 6 nitrogen and oxygen atoms in total. The third-order valence-electron chi connectivity index (χ3n) is 2.99. The number of anilines is 2. The minimum absolute atomic E-state index is 0.0667. The molecule has 0 radical (unpaired) electrons. The van der Waals surface area contributed by atoms with Crippen molar-refractivity contribution in [1.29, 1.82) is 0 Å². The predicted octanol–water partition coefficient (Wildman–Crippen LogP) is 2.92. The number of hydrogen-bond donors (Lipinski definition) is 4. The monoisotopic (exact) mass is 394 g/mol. The highest BCUT2D eigenvalue weighted by Gasteiger charge is 2.14. The first-order valence-electron chi connectivity index (χ1n) is 7.11. The van der Waals surface area contributed by atoms with Gasteiger partial charge in [-0.25, -0.2) is 9.18 Å². The van der Waals surface area contributed by atoms with Crippen LogP contribution in [0, 0.1) is 5.82 Å². The SMILES string of the molecule is NCCNC(=O)c1ccc(F)cc1NC(=O)Nc1cccc(Br)c1. The lowest BCUT2D eigenvalue weighted by molar-refractivity contribution is 0.0955. The molecule has 0 saturated heterocycles. The number of halogens is 2. The molecule has 5 N–H and O–H groups in total. The van der Waals surface area contributed by atoms with E-state index >= 15 is 0 Å². The highest BCUT2D eigenvalue weighted by atomic mass is 79.9. The number of nitrogens with two attached hydrogens (primary N) is 1. The molecular weight excluding hydrogens is 379 g/mol. The minimum Gasteiger partial charge on any atom is -0.351 e. The van der Waals surface area contributed by atoms with Crippen LogP contribution in [0.25, 0.3) is 0 Å². The van der Waals surface area contributed by atoms with E-state index in [9.17, 15) is 14.0 Å². The summed E-state index contributed by atoms with van der Waals surface area (Å²) in [4.78, 5) is 24.1. The van der Waals surface area contributed by atoms with Crippen molar-refractivity contribution in [2.24, 2.45) is 5.73 Å². The maximum absolute atomic E-state index is 13.5. The first-order valence-corrected chi connectivity index (χ1v) is 7.90. The molecule has 0 heterocycles. The molecule has 0 aliphatic carbocycles. The fourth-order valence-corrected chi connectivity index (χ4v) is 2.35. The van der Waals surface area contributed by atoms with E-state index in [0.717, 1.165) is 16.6 Å². The fraction of sp³-hybridized carbons (Fsp3) is 0.125. The summed E-state index contributed by atoms with van der Waals surface area (Å²) in [6.07, 6.45) is 0. The van der Waals surface area contributed by atoms with Crippen LogP contribution >= 0.6 is 15.9 Å². The predicted molar refractivity (Wildman–Crippen MR) is 94.6 cm³/mol. The fourth-order valence-electron chi connectivity index (χ4n) is 1.95.